The maximum absolute atomic E-state index is 9.04. The van der Waals surface area contributed by atoms with E-state index in [1.54, 1.807) is 11.8 Å². The molecule has 1 rings (SSSR count). The number of hydrogen-bond donors (Lipinski definition) is 2. The van der Waals surface area contributed by atoms with Gasteiger partial charge in [-0.25, -0.2) is 9.97 Å². The monoisotopic (exact) mass is 255 g/mol. The van der Waals surface area contributed by atoms with Crippen molar-refractivity contribution in [1.29, 1.82) is 0 Å². The summed E-state index contributed by atoms with van der Waals surface area (Å²) in [4.78, 5) is 8.90. The van der Waals surface area contributed by atoms with Crippen LogP contribution in [0.3, 0.4) is 0 Å². The summed E-state index contributed by atoms with van der Waals surface area (Å²) in [5.41, 5.74) is 3.26. The lowest BCUT2D eigenvalue weighted by molar-refractivity contribution is 0.246. The molecule has 0 aliphatic rings. The van der Waals surface area contributed by atoms with Gasteiger partial charge in [-0.3, -0.25) is 0 Å². The number of nitrogens with zero attached hydrogens (tertiary/aromatic N) is 2. The van der Waals surface area contributed by atoms with Crippen LogP contribution in [0.15, 0.2) is 5.16 Å². The number of aryl methyl sites for hydroxylation is 2. The van der Waals surface area contributed by atoms with E-state index in [1.165, 1.54) is 0 Å². The van der Waals surface area contributed by atoms with Gasteiger partial charge in [0.2, 0.25) is 0 Å². The molecule has 0 spiro atoms. The van der Waals surface area contributed by atoms with Crippen molar-refractivity contribution in [2.45, 2.75) is 38.4 Å². The molecule has 0 fully saturated rings. The van der Waals surface area contributed by atoms with Crippen molar-refractivity contribution in [3.8, 4) is 0 Å². The highest BCUT2D eigenvalue weighted by Gasteiger charge is 2.07. The SMILES string of the molecule is CNC(CO)CCSc1nc(C)c(C)c(C)n1. The minimum absolute atomic E-state index is 0.162. The van der Waals surface area contributed by atoms with E-state index in [-0.39, 0.29) is 12.6 Å². The second-order valence-electron chi connectivity index (χ2n) is 4.11. The highest BCUT2D eigenvalue weighted by Crippen LogP contribution is 2.18. The van der Waals surface area contributed by atoms with Crippen LogP contribution in [-0.2, 0) is 0 Å². The maximum Gasteiger partial charge on any atom is 0.187 e. The Hall–Kier alpha value is -0.650. The maximum atomic E-state index is 9.04. The molecule has 1 atom stereocenters. The third kappa shape index (κ3) is 4.26. The van der Waals surface area contributed by atoms with Crippen LogP contribution >= 0.6 is 11.8 Å². The van der Waals surface area contributed by atoms with Crippen LogP contribution in [0.4, 0.5) is 0 Å². The molecule has 0 aliphatic heterocycles. The summed E-state index contributed by atoms with van der Waals surface area (Å²) in [5.74, 6) is 0.911. The zero-order valence-electron chi connectivity index (χ0n) is 10.9. The van der Waals surface area contributed by atoms with Gasteiger partial charge in [0.1, 0.15) is 0 Å². The lowest BCUT2D eigenvalue weighted by atomic mass is 10.2. The highest BCUT2D eigenvalue weighted by molar-refractivity contribution is 7.99. The minimum Gasteiger partial charge on any atom is -0.395 e. The number of hydrogen-bond acceptors (Lipinski definition) is 5. The largest absolute Gasteiger partial charge is 0.395 e. The van der Waals surface area contributed by atoms with E-state index in [9.17, 15) is 0 Å². The fourth-order valence-electron chi connectivity index (χ4n) is 1.43. The lowest BCUT2D eigenvalue weighted by Crippen LogP contribution is -2.29. The average molecular weight is 255 g/mol. The molecule has 96 valence electrons. The van der Waals surface area contributed by atoms with E-state index in [1.807, 2.05) is 27.8 Å². The molecule has 0 saturated heterocycles. The summed E-state index contributed by atoms with van der Waals surface area (Å²) in [5, 5.41) is 12.9. The Morgan fingerprint density at radius 1 is 1.24 bits per heavy atom. The molecule has 2 N–H and O–H groups in total. The molecule has 1 unspecified atom stereocenters. The topological polar surface area (TPSA) is 58.0 Å². The Balaban J connectivity index is 2.52. The summed E-state index contributed by atoms with van der Waals surface area (Å²) in [6.07, 6.45) is 0.910. The van der Waals surface area contributed by atoms with E-state index in [2.05, 4.69) is 15.3 Å². The van der Waals surface area contributed by atoms with Gasteiger partial charge in [0, 0.05) is 23.2 Å². The summed E-state index contributed by atoms with van der Waals surface area (Å²) in [6.45, 7) is 6.24. The molecule has 0 radical (unpaired) electrons. The van der Waals surface area contributed by atoms with Gasteiger partial charge in [-0.2, -0.15) is 0 Å². The Bertz CT molecular complexity index is 344. The number of thioether (sulfide) groups is 1. The molecule has 1 aromatic rings. The molecule has 1 aromatic heterocycles. The number of nitrogens with one attached hydrogen (secondary N) is 1. The third-order valence-electron chi connectivity index (χ3n) is 2.94. The number of aliphatic hydroxyl groups excluding tert-OH is 1. The van der Waals surface area contributed by atoms with Crippen LogP contribution in [-0.4, -0.2) is 40.5 Å². The molecule has 0 amide bonds. The van der Waals surface area contributed by atoms with Crippen LogP contribution in [0.1, 0.15) is 23.4 Å². The van der Waals surface area contributed by atoms with Gasteiger partial charge in [-0.15, -0.1) is 0 Å². The molecule has 0 saturated carbocycles. The smallest absolute Gasteiger partial charge is 0.187 e. The van der Waals surface area contributed by atoms with Crippen molar-refractivity contribution in [2.24, 2.45) is 0 Å². The molecular weight excluding hydrogens is 234 g/mol. The van der Waals surface area contributed by atoms with Crippen molar-refractivity contribution in [3.05, 3.63) is 17.0 Å². The summed E-state index contributed by atoms with van der Waals surface area (Å²) < 4.78 is 0. The first-order chi connectivity index (χ1) is 8.08. The lowest BCUT2D eigenvalue weighted by Gasteiger charge is -2.12. The molecule has 5 heteroatoms. The van der Waals surface area contributed by atoms with E-state index in [4.69, 9.17) is 5.11 Å². The number of aliphatic hydroxyl groups is 1. The molecule has 17 heavy (non-hydrogen) atoms. The standard InChI is InChI=1S/C12H21N3OS/c1-8-9(2)14-12(15-10(8)3)17-6-5-11(7-16)13-4/h11,13,16H,5-7H2,1-4H3. The second-order valence-corrected chi connectivity index (χ2v) is 5.17. The average Bonchev–Trinajstić information content (AvgIpc) is 2.31. The summed E-state index contributed by atoms with van der Waals surface area (Å²) in [7, 11) is 1.86. The van der Waals surface area contributed by atoms with Crippen molar-refractivity contribution >= 4 is 11.8 Å². The van der Waals surface area contributed by atoms with Gasteiger partial charge in [-0.1, -0.05) is 11.8 Å². The van der Waals surface area contributed by atoms with Crippen LogP contribution < -0.4 is 5.32 Å². The molecule has 0 aliphatic carbocycles. The van der Waals surface area contributed by atoms with Crippen LogP contribution in [0.5, 0.6) is 0 Å². The number of rotatable bonds is 6. The van der Waals surface area contributed by atoms with Crippen molar-refractivity contribution in [3.63, 3.8) is 0 Å². The summed E-state index contributed by atoms with van der Waals surface area (Å²) >= 11 is 1.64. The first-order valence-corrected chi connectivity index (χ1v) is 6.79. The van der Waals surface area contributed by atoms with Gasteiger partial charge in [-0.05, 0) is 39.8 Å². The number of likely N-dealkylation sites (N-methyl/N-ethyl adjacent to an activating group) is 1. The van der Waals surface area contributed by atoms with Crippen molar-refractivity contribution in [1.82, 2.24) is 15.3 Å². The quantitative estimate of drug-likeness (QED) is 0.595. The van der Waals surface area contributed by atoms with Crippen molar-refractivity contribution in [2.75, 3.05) is 19.4 Å². The van der Waals surface area contributed by atoms with Crippen molar-refractivity contribution < 1.29 is 5.11 Å². The minimum atomic E-state index is 0.162. The summed E-state index contributed by atoms with van der Waals surface area (Å²) in [6, 6.07) is 0.162. The van der Waals surface area contributed by atoms with E-state index in [0.717, 1.165) is 34.3 Å². The van der Waals surface area contributed by atoms with Gasteiger partial charge < -0.3 is 10.4 Å². The fourth-order valence-corrected chi connectivity index (χ4v) is 2.41. The first kappa shape index (κ1) is 14.4. The zero-order valence-corrected chi connectivity index (χ0v) is 11.8. The van der Waals surface area contributed by atoms with Crippen LogP contribution in [0.2, 0.25) is 0 Å². The second kappa shape index (κ2) is 6.93. The van der Waals surface area contributed by atoms with E-state index in [0.29, 0.717) is 0 Å². The molecular formula is C12H21N3OS. The first-order valence-electron chi connectivity index (χ1n) is 5.81. The Kier molecular flexibility index (Phi) is 5.88. The predicted molar refractivity (Wildman–Crippen MR) is 71.5 cm³/mol. The number of aromatic nitrogens is 2. The highest BCUT2D eigenvalue weighted by atomic mass is 32.2. The van der Waals surface area contributed by atoms with E-state index < -0.39 is 0 Å². The molecule has 1 heterocycles. The molecule has 0 aromatic carbocycles. The zero-order chi connectivity index (χ0) is 12.8. The third-order valence-corrected chi connectivity index (χ3v) is 3.82. The Morgan fingerprint density at radius 3 is 2.29 bits per heavy atom. The molecule has 0 bridgehead atoms. The van der Waals surface area contributed by atoms with Gasteiger partial charge in [0.25, 0.3) is 0 Å². The van der Waals surface area contributed by atoms with Gasteiger partial charge in [0.05, 0.1) is 6.61 Å². The van der Waals surface area contributed by atoms with Gasteiger partial charge in [0.15, 0.2) is 5.16 Å². The Labute approximate surface area is 107 Å². The van der Waals surface area contributed by atoms with E-state index >= 15 is 0 Å². The fraction of sp³-hybridized carbons (Fsp3) is 0.667. The van der Waals surface area contributed by atoms with Gasteiger partial charge >= 0.3 is 0 Å². The van der Waals surface area contributed by atoms with Crippen LogP contribution in [0, 0.1) is 20.8 Å². The predicted octanol–water partition coefficient (Wildman–Crippen LogP) is 1.46. The normalized spacial score (nSPS) is 12.8. The van der Waals surface area contributed by atoms with Crippen LogP contribution in [0.25, 0.3) is 0 Å². The Morgan fingerprint density at radius 2 is 1.82 bits per heavy atom. The molecule has 4 nitrogen and oxygen atoms in total.